The molecule has 7 nitrogen and oxygen atoms in total. The van der Waals surface area contributed by atoms with Crippen LogP contribution in [0.3, 0.4) is 0 Å². The van der Waals surface area contributed by atoms with Crippen LogP contribution in [0.2, 0.25) is 10.0 Å². The molecule has 0 radical (unpaired) electrons. The molecule has 162 valence electrons. The largest absolute Gasteiger partial charge is 0.486 e. The van der Waals surface area contributed by atoms with Crippen LogP contribution in [0.5, 0.6) is 11.5 Å². The summed E-state index contributed by atoms with van der Waals surface area (Å²) in [4.78, 5) is 12.9. The number of fused-ring (bicyclic) bond motifs is 1. The van der Waals surface area contributed by atoms with Gasteiger partial charge >= 0.3 is 0 Å². The minimum absolute atomic E-state index is 0.213. The molecule has 3 rings (SSSR count). The Hall–Kier alpha value is -2.16. The van der Waals surface area contributed by atoms with E-state index in [1.165, 1.54) is 25.1 Å². The minimum atomic E-state index is -3.79. The number of hydrogen-bond donors (Lipinski definition) is 1. The Labute approximate surface area is 185 Å². The van der Waals surface area contributed by atoms with Gasteiger partial charge in [-0.3, -0.25) is 9.10 Å². The fraction of sp³-hybridized carbons (Fsp3) is 0.350. The molecule has 2 atom stereocenters. The quantitative estimate of drug-likeness (QED) is 0.690. The van der Waals surface area contributed by atoms with E-state index < -0.39 is 22.0 Å². The van der Waals surface area contributed by atoms with Crippen molar-refractivity contribution >= 4 is 44.8 Å². The zero-order valence-electron chi connectivity index (χ0n) is 16.7. The molecule has 1 aliphatic heterocycles. The number of benzene rings is 2. The average Bonchev–Trinajstić information content (AvgIpc) is 2.65. The fourth-order valence-corrected chi connectivity index (χ4v) is 4.89. The first-order chi connectivity index (χ1) is 14.1. The summed E-state index contributed by atoms with van der Waals surface area (Å²) in [5.74, 6) is 0.788. The summed E-state index contributed by atoms with van der Waals surface area (Å²) in [6, 6.07) is 8.37. The lowest BCUT2D eigenvalue weighted by molar-refractivity contribution is -0.122. The minimum Gasteiger partial charge on any atom is -0.486 e. The molecule has 0 saturated carbocycles. The molecule has 0 spiro atoms. The molecule has 1 heterocycles. The molecule has 1 aliphatic rings. The van der Waals surface area contributed by atoms with Gasteiger partial charge in [0.2, 0.25) is 15.9 Å². The molecule has 0 bridgehead atoms. The molecule has 0 aliphatic carbocycles. The van der Waals surface area contributed by atoms with Crippen LogP contribution in [-0.4, -0.2) is 39.8 Å². The summed E-state index contributed by atoms with van der Waals surface area (Å²) >= 11 is 12.0. The summed E-state index contributed by atoms with van der Waals surface area (Å²) < 4.78 is 37.0. The van der Waals surface area contributed by atoms with E-state index in [1.807, 2.05) is 6.07 Å². The summed E-state index contributed by atoms with van der Waals surface area (Å²) in [5.41, 5.74) is 1.01. The lowest BCUT2D eigenvalue weighted by Crippen LogP contribution is -2.48. The SMILES string of the molecule is C[C@@H](NC(=O)[C@H](C)N(c1cc(Cl)cc(Cl)c1)S(C)(=O)=O)c1ccc2c(c1)OCCO2. The van der Waals surface area contributed by atoms with Crippen molar-refractivity contribution < 1.29 is 22.7 Å². The normalized spacial score (nSPS) is 15.2. The van der Waals surface area contributed by atoms with Crippen molar-refractivity contribution in [1.29, 1.82) is 0 Å². The first-order valence-electron chi connectivity index (χ1n) is 9.21. The van der Waals surface area contributed by atoms with Crippen molar-refractivity contribution in [2.45, 2.75) is 25.9 Å². The monoisotopic (exact) mass is 472 g/mol. The van der Waals surface area contributed by atoms with E-state index >= 15 is 0 Å². The van der Waals surface area contributed by atoms with Gasteiger partial charge in [-0.15, -0.1) is 0 Å². The molecule has 0 unspecified atom stereocenters. The number of amides is 1. The number of nitrogens with zero attached hydrogens (tertiary/aromatic N) is 1. The molecule has 2 aromatic carbocycles. The number of sulfonamides is 1. The van der Waals surface area contributed by atoms with E-state index in [0.717, 1.165) is 16.1 Å². The maximum atomic E-state index is 12.9. The van der Waals surface area contributed by atoms with Crippen LogP contribution in [-0.2, 0) is 14.8 Å². The van der Waals surface area contributed by atoms with Crippen LogP contribution in [0, 0.1) is 0 Å². The Morgan fingerprint density at radius 3 is 2.23 bits per heavy atom. The Morgan fingerprint density at radius 2 is 1.63 bits per heavy atom. The van der Waals surface area contributed by atoms with Crippen LogP contribution in [0.25, 0.3) is 0 Å². The van der Waals surface area contributed by atoms with Crippen LogP contribution in [0.15, 0.2) is 36.4 Å². The van der Waals surface area contributed by atoms with Crippen molar-refractivity contribution in [3.63, 3.8) is 0 Å². The zero-order valence-corrected chi connectivity index (χ0v) is 19.0. The molecule has 2 aromatic rings. The van der Waals surface area contributed by atoms with Gasteiger partial charge in [-0.05, 0) is 49.7 Å². The number of ether oxygens (including phenoxy) is 2. The molecular weight excluding hydrogens is 451 g/mol. The van der Waals surface area contributed by atoms with Crippen molar-refractivity contribution in [2.24, 2.45) is 0 Å². The molecule has 30 heavy (non-hydrogen) atoms. The lowest BCUT2D eigenvalue weighted by Gasteiger charge is -2.29. The zero-order chi connectivity index (χ0) is 22.1. The molecule has 0 aromatic heterocycles. The second-order valence-electron chi connectivity index (χ2n) is 7.00. The van der Waals surface area contributed by atoms with Gasteiger partial charge in [0.25, 0.3) is 0 Å². The summed E-state index contributed by atoms with van der Waals surface area (Å²) in [6.45, 7) is 4.25. The predicted molar refractivity (Wildman–Crippen MR) is 117 cm³/mol. The number of carbonyl (C=O) groups is 1. The third-order valence-corrected chi connectivity index (χ3v) is 6.29. The van der Waals surface area contributed by atoms with Crippen LogP contribution < -0.4 is 19.1 Å². The maximum Gasteiger partial charge on any atom is 0.244 e. The highest BCUT2D eigenvalue weighted by Crippen LogP contribution is 2.33. The van der Waals surface area contributed by atoms with Gasteiger partial charge in [-0.1, -0.05) is 29.3 Å². The summed E-state index contributed by atoms with van der Waals surface area (Å²) in [7, 11) is -3.79. The number of hydrogen-bond acceptors (Lipinski definition) is 5. The van der Waals surface area contributed by atoms with E-state index in [9.17, 15) is 13.2 Å². The highest BCUT2D eigenvalue weighted by molar-refractivity contribution is 7.92. The molecule has 1 amide bonds. The van der Waals surface area contributed by atoms with E-state index in [0.29, 0.717) is 24.7 Å². The van der Waals surface area contributed by atoms with Crippen LogP contribution >= 0.6 is 23.2 Å². The predicted octanol–water partition coefficient (Wildman–Crippen LogP) is 3.80. The fourth-order valence-electron chi connectivity index (χ4n) is 3.22. The topological polar surface area (TPSA) is 84.9 Å². The first-order valence-corrected chi connectivity index (χ1v) is 11.8. The van der Waals surface area contributed by atoms with E-state index in [-0.39, 0.29) is 21.8 Å². The number of carbonyl (C=O) groups excluding carboxylic acids is 1. The van der Waals surface area contributed by atoms with Gasteiger partial charge < -0.3 is 14.8 Å². The lowest BCUT2D eigenvalue weighted by atomic mass is 10.1. The summed E-state index contributed by atoms with van der Waals surface area (Å²) in [6.07, 6.45) is 1.02. The third-order valence-electron chi connectivity index (χ3n) is 4.62. The first kappa shape index (κ1) is 22.5. The van der Waals surface area contributed by atoms with Crippen molar-refractivity contribution in [2.75, 3.05) is 23.8 Å². The summed E-state index contributed by atoms with van der Waals surface area (Å²) in [5, 5.41) is 3.38. The maximum absolute atomic E-state index is 12.9. The van der Waals surface area contributed by atoms with E-state index in [1.54, 1.807) is 19.1 Å². The Kier molecular flexibility index (Phi) is 6.69. The standard InChI is InChI=1S/C20H22Cl2N2O5S/c1-12(14-4-5-18-19(8-14)29-7-6-28-18)23-20(25)13(2)24(30(3,26)27)17-10-15(21)9-16(22)11-17/h4-5,8-13H,6-7H2,1-3H3,(H,23,25)/t12-,13+/m1/s1. The van der Waals surface area contributed by atoms with Gasteiger partial charge in [0.05, 0.1) is 18.0 Å². The average molecular weight is 473 g/mol. The van der Waals surface area contributed by atoms with Crippen LogP contribution in [0.4, 0.5) is 5.69 Å². The van der Waals surface area contributed by atoms with Gasteiger partial charge in [-0.2, -0.15) is 0 Å². The number of rotatable bonds is 6. The second kappa shape index (κ2) is 8.91. The van der Waals surface area contributed by atoms with Crippen LogP contribution in [0.1, 0.15) is 25.5 Å². The van der Waals surface area contributed by atoms with E-state index in [4.69, 9.17) is 32.7 Å². The number of halogens is 2. The van der Waals surface area contributed by atoms with Gasteiger partial charge in [-0.25, -0.2) is 8.42 Å². The molecule has 10 heteroatoms. The van der Waals surface area contributed by atoms with E-state index in [2.05, 4.69) is 5.32 Å². The third kappa shape index (κ3) is 5.11. The van der Waals surface area contributed by atoms with Gasteiger partial charge in [0, 0.05) is 10.0 Å². The Balaban J connectivity index is 1.81. The van der Waals surface area contributed by atoms with Crippen molar-refractivity contribution in [3.05, 3.63) is 52.0 Å². The Bertz CT molecular complexity index is 1040. The smallest absolute Gasteiger partial charge is 0.244 e. The number of nitrogens with one attached hydrogen (secondary N) is 1. The second-order valence-corrected chi connectivity index (χ2v) is 9.73. The number of anilines is 1. The Morgan fingerprint density at radius 1 is 1.03 bits per heavy atom. The van der Waals surface area contributed by atoms with Gasteiger partial charge in [0.15, 0.2) is 11.5 Å². The molecule has 1 N–H and O–H groups in total. The highest BCUT2D eigenvalue weighted by atomic mass is 35.5. The van der Waals surface area contributed by atoms with Crippen molar-refractivity contribution in [3.8, 4) is 11.5 Å². The van der Waals surface area contributed by atoms with Gasteiger partial charge in [0.1, 0.15) is 19.3 Å². The highest BCUT2D eigenvalue weighted by Gasteiger charge is 2.30. The van der Waals surface area contributed by atoms with Crippen molar-refractivity contribution in [1.82, 2.24) is 5.32 Å². The molecular formula is C20H22Cl2N2O5S. The molecule has 0 saturated heterocycles. The molecule has 0 fully saturated rings.